The Kier molecular flexibility index (Phi) is 4.87. The van der Waals surface area contributed by atoms with E-state index in [1.54, 1.807) is 11.3 Å². The molecule has 2 nitrogen and oxygen atoms in total. The molecular weight excluding hydrogens is 230 g/mol. The van der Waals surface area contributed by atoms with Gasteiger partial charge in [0, 0.05) is 18.2 Å². The van der Waals surface area contributed by atoms with Crippen molar-refractivity contribution in [2.24, 2.45) is 11.3 Å². The molecule has 0 spiro atoms. The number of Topliss-reactive ketones (excluding diaryl/α,β-unsaturated/α-hetero) is 1. The lowest BCUT2D eigenvalue weighted by Gasteiger charge is -2.16. The van der Waals surface area contributed by atoms with Gasteiger partial charge < -0.3 is 0 Å². The summed E-state index contributed by atoms with van der Waals surface area (Å²) in [6.07, 6.45) is 2.49. The second-order valence-corrected chi connectivity index (χ2v) is 7.15. The number of rotatable bonds is 5. The second kappa shape index (κ2) is 5.76. The number of thiazole rings is 1. The smallest absolute Gasteiger partial charge is 0.182 e. The Labute approximate surface area is 108 Å². The van der Waals surface area contributed by atoms with E-state index in [2.05, 4.69) is 39.6 Å². The van der Waals surface area contributed by atoms with Gasteiger partial charge in [-0.2, -0.15) is 0 Å². The van der Waals surface area contributed by atoms with Crippen molar-refractivity contribution >= 4 is 17.1 Å². The Hall–Kier alpha value is -0.700. The third kappa shape index (κ3) is 5.44. The van der Waals surface area contributed by atoms with Crippen LogP contribution in [-0.4, -0.2) is 10.8 Å². The predicted molar refractivity (Wildman–Crippen MR) is 73.7 cm³/mol. The molecule has 0 unspecified atom stereocenters. The van der Waals surface area contributed by atoms with Crippen molar-refractivity contribution in [2.45, 2.75) is 53.9 Å². The Bertz CT molecular complexity index is 374. The first-order chi connectivity index (χ1) is 7.78. The Balaban J connectivity index is 2.55. The molecular formula is C14H23NOS. The van der Waals surface area contributed by atoms with Gasteiger partial charge in [-0.25, -0.2) is 4.98 Å². The van der Waals surface area contributed by atoms with Crippen molar-refractivity contribution in [3.8, 4) is 0 Å². The molecule has 0 saturated carbocycles. The fourth-order valence-electron chi connectivity index (χ4n) is 1.50. The predicted octanol–water partition coefficient (Wildman–Crippen LogP) is 4.35. The first kappa shape index (κ1) is 14.4. The van der Waals surface area contributed by atoms with Crippen molar-refractivity contribution in [1.29, 1.82) is 0 Å². The van der Waals surface area contributed by atoms with Gasteiger partial charge in [0.1, 0.15) is 5.69 Å². The maximum Gasteiger partial charge on any atom is 0.182 e. The number of nitrogens with zero attached hydrogens (tertiary/aromatic N) is 1. The highest BCUT2D eigenvalue weighted by Crippen LogP contribution is 2.23. The van der Waals surface area contributed by atoms with Crippen molar-refractivity contribution in [3.63, 3.8) is 0 Å². The average molecular weight is 253 g/mol. The molecule has 0 N–H and O–H groups in total. The number of hydrogen-bond donors (Lipinski definition) is 0. The highest BCUT2D eigenvalue weighted by Gasteiger charge is 2.16. The highest BCUT2D eigenvalue weighted by atomic mass is 32.1. The lowest BCUT2D eigenvalue weighted by molar-refractivity contribution is 0.0961. The molecule has 1 aromatic rings. The summed E-state index contributed by atoms with van der Waals surface area (Å²) in [7, 11) is 0. The number of carbonyl (C=O) groups excluding carboxylic acids is 1. The minimum atomic E-state index is 0.186. The van der Waals surface area contributed by atoms with Gasteiger partial charge in [0.25, 0.3) is 0 Å². The van der Waals surface area contributed by atoms with Gasteiger partial charge in [0.2, 0.25) is 0 Å². The third-order valence-electron chi connectivity index (χ3n) is 2.52. The summed E-state index contributed by atoms with van der Waals surface area (Å²) in [6.45, 7) is 10.8. The monoisotopic (exact) mass is 253 g/mol. The summed E-state index contributed by atoms with van der Waals surface area (Å²) in [5.74, 6) is 0.782. The third-order valence-corrected chi connectivity index (χ3v) is 3.39. The lowest BCUT2D eigenvalue weighted by Crippen LogP contribution is -2.09. The van der Waals surface area contributed by atoms with E-state index < -0.39 is 0 Å². The van der Waals surface area contributed by atoms with E-state index in [9.17, 15) is 4.79 Å². The van der Waals surface area contributed by atoms with Gasteiger partial charge in [-0.3, -0.25) is 4.79 Å². The van der Waals surface area contributed by atoms with Crippen molar-refractivity contribution < 1.29 is 4.79 Å². The van der Waals surface area contributed by atoms with E-state index in [4.69, 9.17) is 0 Å². The molecule has 0 atom stereocenters. The first-order valence-electron chi connectivity index (χ1n) is 6.25. The Morgan fingerprint density at radius 2 is 2.06 bits per heavy atom. The van der Waals surface area contributed by atoms with Gasteiger partial charge in [0.05, 0.1) is 5.01 Å². The molecule has 1 heterocycles. The highest BCUT2D eigenvalue weighted by molar-refractivity contribution is 7.09. The molecule has 0 saturated heterocycles. The van der Waals surface area contributed by atoms with Gasteiger partial charge in [-0.15, -0.1) is 11.3 Å². The van der Waals surface area contributed by atoms with Gasteiger partial charge in [-0.05, 0) is 17.8 Å². The first-order valence-corrected chi connectivity index (χ1v) is 7.13. The molecule has 0 aliphatic rings. The molecule has 0 aromatic carbocycles. The number of ketones is 1. The molecule has 0 aliphatic heterocycles. The lowest BCUT2D eigenvalue weighted by atomic mass is 9.89. The minimum Gasteiger partial charge on any atom is -0.292 e. The van der Waals surface area contributed by atoms with Crippen molar-refractivity contribution in [2.75, 3.05) is 0 Å². The van der Waals surface area contributed by atoms with Crippen LogP contribution in [0.2, 0.25) is 0 Å². The molecule has 0 aliphatic carbocycles. The van der Waals surface area contributed by atoms with Crippen LogP contribution in [-0.2, 0) is 6.42 Å². The van der Waals surface area contributed by atoms with E-state index in [1.165, 1.54) is 0 Å². The molecule has 0 amide bonds. The summed E-state index contributed by atoms with van der Waals surface area (Å²) in [5.41, 5.74) is 0.877. The average Bonchev–Trinajstić information content (AvgIpc) is 2.60. The van der Waals surface area contributed by atoms with Crippen LogP contribution < -0.4 is 0 Å². The standard InChI is InChI=1S/C14H23NOS/c1-10(2)8-13-15-11(9-17-13)12(16)6-7-14(3,4)5/h9-10H,6-8H2,1-5H3. The summed E-state index contributed by atoms with van der Waals surface area (Å²) in [6, 6.07) is 0. The molecule has 3 heteroatoms. The van der Waals surface area contributed by atoms with Crippen LogP contribution >= 0.6 is 11.3 Å². The van der Waals surface area contributed by atoms with Gasteiger partial charge in [-0.1, -0.05) is 34.6 Å². The largest absolute Gasteiger partial charge is 0.292 e. The van der Waals surface area contributed by atoms with E-state index in [1.807, 2.05) is 5.38 Å². The van der Waals surface area contributed by atoms with Crippen LogP contribution in [0.1, 0.15) is 63.0 Å². The number of aromatic nitrogens is 1. The normalized spacial score (nSPS) is 12.1. The van der Waals surface area contributed by atoms with E-state index >= 15 is 0 Å². The van der Waals surface area contributed by atoms with Crippen LogP contribution in [0, 0.1) is 11.3 Å². The number of hydrogen-bond acceptors (Lipinski definition) is 3. The van der Waals surface area contributed by atoms with Gasteiger partial charge >= 0.3 is 0 Å². The summed E-state index contributed by atoms with van der Waals surface area (Å²) in [5, 5.41) is 2.99. The molecule has 0 radical (unpaired) electrons. The van der Waals surface area contributed by atoms with Crippen molar-refractivity contribution in [3.05, 3.63) is 16.1 Å². The van der Waals surface area contributed by atoms with Crippen LogP contribution in [0.3, 0.4) is 0 Å². The van der Waals surface area contributed by atoms with E-state index in [-0.39, 0.29) is 11.2 Å². The Morgan fingerprint density at radius 1 is 1.41 bits per heavy atom. The summed E-state index contributed by atoms with van der Waals surface area (Å²) in [4.78, 5) is 16.4. The maximum absolute atomic E-state index is 11.9. The van der Waals surface area contributed by atoms with Crippen LogP contribution in [0.15, 0.2) is 5.38 Å². The van der Waals surface area contributed by atoms with Crippen LogP contribution in [0.25, 0.3) is 0 Å². The Morgan fingerprint density at radius 3 is 2.59 bits per heavy atom. The molecule has 17 heavy (non-hydrogen) atoms. The number of carbonyl (C=O) groups is 1. The van der Waals surface area contributed by atoms with Crippen LogP contribution in [0.5, 0.6) is 0 Å². The topological polar surface area (TPSA) is 30.0 Å². The van der Waals surface area contributed by atoms with Crippen LogP contribution in [0.4, 0.5) is 0 Å². The molecule has 96 valence electrons. The zero-order chi connectivity index (χ0) is 13.1. The van der Waals surface area contributed by atoms with Crippen molar-refractivity contribution in [1.82, 2.24) is 4.98 Å². The zero-order valence-electron chi connectivity index (χ0n) is 11.5. The minimum absolute atomic E-state index is 0.186. The fraction of sp³-hybridized carbons (Fsp3) is 0.714. The van der Waals surface area contributed by atoms with Gasteiger partial charge in [0.15, 0.2) is 5.78 Å². The van der Waals surface area contributed by atoms with E-state index in [0.29, 0.717) is 18.0 Å². The summed E-state index contributed by atoms with van der Waals surface area (Å²) < 4.78 is 0. The molecule has 0 bridgehead atoms. The summed E-state index contributed by atoms with van der Waals surface area (Å²) >= 11 is 1.61. The van der Waals surface area contributed by atoms with E-state index in [0.717, 1.165) is 17.8 Å². The molecule has 1 rings (SSSR count). The second-order valence-electron chi connectivity index (χ2n) is 6.21. The molecule has 0 fully saturated rings. The zero-order valence-corrected chi connectivity index (χ0v) is 12.4. The molecule has 1 aromatic heterocycles. The quantitative estimate of drug-likeness (QED) is 0.730. The maximum atomic E-state index is 11.9. The fourth-order valence-corrected chi connectivity index (χ4v) is 2.51. The SMILES string of the molecule is CC(C)Cc1nc(C(=O)CCC(C)(C)C)cs1.